The van der Waals surface area contributed by atoms with E-state index in [1.165, 1.54) is 11.3 Å². The molecule has 0 unspecified atom stereocenters. The number of pyridine rings is 1. The highest BCUT2D eigenvalue weighted by atomic mass is 32.1. The lowest BCUT2D eigenvalue weighted by atomic mass is 10.0. The molecule has 5 aromatic rings. The van der Waals surface area contributed by atoms with Crippen molar-refractivity contribution in [1.29, 1.82) is 0 Å². The second-order valence-electron chi connectivity index (χ2n) is 7.38. The van der Waals surface area contributed by atoms with E-state index in [1.54, 1.807) is 22.8 Å². The van der Waals surface area contributed by atoms with Crippen molar-refractivity contribution in [3.05, 3.63) is 123 Å². The number of carbonyl (C=O) groups is 1. The number of benzene rings is 3. The quantitative estimate of drug-likeness (QED) is 0.250. The van der Waals surface area contributed by atoms with Gasteiger partial charge in [0.05, 0.1) is 12.1 Å². The maximum absolute atomic E-state index is 12.6. The van der Waals surface area contributed by atoms with E-state index in [4.69, 9.17) is 4.74 Å². The lowest BCUT2D eigenvalue weighted by Gasteiger charge is -2.13. The molecule has 156 valence electrons. The third-order valence-electron chi connectivity index (χ3n) is 5.30. The Morgan fingerprint density at radius 1 is 0.844 bits per heavy atom. The Hall–Kier alpha value is -3.96. The van der Waals surface area contributed by atoms with Crippen LogP contribution in [-0.4, -0.2) is 10.5 Å². The van der Waals surface area contributed by atoms with Gasteiger partial charge in [0.2, 0.25) is 0 Å². The van der Waals surface area contributed by atoms with E-state index in [0.717, 1.165) is 27.6 Å². The van der Waals surface area contributed by atoms with Crippen molar-refractivity contribution in [2.75, 3.05) is 0 Å². The molecule has 0 saturated carbocycles. The number of carbonyl (C=O) groups excluding carboxylic acids is 1. The summed E-state index contributed by atoms with van der Waals surface area (Å²) in [5.74, 6) is 0.132. The number of fused-ring (bicyclic) bond motifs is 1. The first-order valence-electron chi connectivity index (χ1n) is 10.2. The normalized spacial score (nSPS) is 10.9. The average Bonchev–Trinajstić information content (AvgIpc) is 3.37. The summed E-state index contributed by atoms with van der Waals surface area (Å²) in [7, 11) is 0. The number of nitrogens with zero attached hydrogens (tertiary/aromatic N) is 1. The van der Waals surface area contributed by atoms with E-state index in [2.05, 4.69) is 0 Å². The van der Waals surface area contributed by atoms with Gasteiger partial charge in [-0.25, -0.2) is 4.79 Å². The Bertz CT molecular complexity index is 1450. The molecule has 4 nitrogen and oxygen atoms in total. The first-order valence-corrected chi connectivity index (χ1v) is 11.1. The van der Waals surface area contributed by atoms with Gasteiger partial charge in [-0.3, -0.25) is 4.79 Å². The predicted octanol–water partition coefficient (Wildman–Crippen LogP) is 6.00. The molecule has 5 heteroatoms. The summed E-state index contributed by atoms with van der Waals surface area (Å²) < 4.78 is 7.47. The number of hydrogen-bond donors (Lipinski definition) is 0. The van der Waals surface area contributed by atoms with Crippen LogP contribution in [0.15, 0.2) is 107 Å². The molecular weight excluding hydrogens is 418 g/mol. The van der Waals surface area contributed by atoms with Crippen molar-refractivity contribution in [2.24, 2.45) is 0 Å². The molecule has 0 saturated heterocycles. The van der Waals surface area contributed by atoms with E-state index in [-0.39, 0.29) is 11.5 Å². The van der Waals surface area contributed by atoms with Crippen molar-refractivity contribution < 1.29 is 9.53 Å². The minimum absolute atomic E-state index is 0.0422. The fourth-order valence-corrected chi connectivity index (χ4v) is 4.34. The highest BCUT2D eigenvalue weighted by Crippen LogP contribution is 2.32. The standard InChI is InChI=1S/C27H19NO3S/c29-26-15-13-21-17-20(12-14-23(21)28(26)18-19-7-2-1-3-8-19)22-9-4-5-10-24(22)31-27(30)25-11-6-16-32-25/h1-17H,18H2. The topological polar surface area (TPSA) is 48.3 Å². The summed E-state index contributed by atoms with van der Waals surface area (Å²) in [6, 6.07) is 30.3. The van der Waals surface area contributed by atoms with Crippen LogP contribution >= 0.6 is 11.3 Å². The zero-order valence-electron chi connectivity index (χ0n) is 17.1. The van der Waals surface area contributed by atoms with Gasteiger partial charge in [-0.1, -0.05) is 60.7 Å². The summed E-state index contributed by atoms with van der Waals surface area (Å²) in [6.07, 6.45) is 0. The zero-order valence-corrected chi connectivity index (χ0v) is 17.9. The molecule has 0 atom stereocenters. The van der Waals surface area contributed by atoms with Gasteiger partial charge in [0.1, 0.15) is 10.6 Å². The SMILES string of the molecule is O=C(Oc1ccccc1-c1ccc2c(ccc(=O)n2Cc2ccccc2)c1)c1cccs1. The molecule has 0 radical (unpaired) electrons. The Morgan fingerprint density at radius 3 is 2.47 bits per heavy atom. The molecule has 0 aliphatic rings. The first-order chi connectivity index (χ1) is 15.7. The number of para-hydroxylation sites is 1. The van der Waals surface area contributed by atoms with Gasteiger partial charge >= 0.3 is 5.97 Å². The van der Waals surface area contributed by atoms with Crippen LogP contribution in [-0.2, 0) is 6.54 Å². The minimum Gasteiger partial charge on any atom is -0.422 e. The van der Waals surface area contributed by atoms with Crippen LogP contribution in [0.5, 0.6) is 5.75 Å². The van der Waals surface area contributed by atoms with Crippen molar-refractivity contribution in [1.82, 2.24) is 4.57 Å². The smallest absolute Gasteiger partial charge is 0.353 e. The Labute approximate surface area is 189 Å². The summed E-state index contributed by atoms with van der Waals surface area (Å²) in [6.45, 7) is 0.505. The van der Waals surface area contributed by atoms with E-state index >= 15 is 0 Å². The van der Waals surface area contributed by atoms with Crippen LogP contribution in [0.25, 0.3) is 22.0 Å². The highest BCUT2D eigenvalue weighted by Gasteiger charge is 2.14. The van der Waals surface area contributed by atoms with Gasteiger partial charge in [-0.05, 0) is 52.2 Å². The lowest BCUT2D eigenvalue weighted by molar-refractivity contribution is 0.0740. The molecule has 0 aliphatic carbocycles. The third-order valence-corrected chi connectivity index (χ3v) is 6.15. The van der Waals surface area contributed by atoms with Crippen LogP contribution in [0, 0.1) is 0 Å². The maximum Gasteiger partial charge on any atom is 0.353 e. The molecule has 2 aromatic heterocycles. The van der Waals surface area contributed by atoms with Gasteiger partial charge in [0.15, 0.2) is 0 Å². The number of thiophene rings is 1. The number of esters is 1. The summed E-state index contributed by atoms with van der Waals surface area (Å²) >= 11 is 1.35. The number of aromatic nitrogens is 1. The van der Waals surface area contributed by atoms with Gasteiger partial charge in [-0.15, -0.1) is 11.3 Å². The first kappa shape index (κ1) is 20.0. The van der Waals surface area contributed by atoms with Crippen LogP contribution in [0.3, 0.4) is 0 Å². The summed E-state index contributed by atoms with van der Waals surface area (Å²) in [4.78, 5) is 25.6. The van der Waals surface area contributed by atoms with Gasteiger partial charge in [0.25, 0.3) is 5.56 Å². The maximum atomic E-state index is 12.6. The molecule has 3 aromatic carbocycles. The molecule has 0 bridgehead atoms. The fourth-order valence-electron chi connectivity index (χ4n) is 3.74. The Kier molecular flexibility index (Phi) is 5.40. The molecule has 0 N–H and O–H groups in total. The Balaban J connectivity index is 1.53. The van der Waals surface area contributed by atoms with Gasteiger partial charge in [0, 0.05) is 11.6 Å². The zero-order chi connectivity index (χ0) is 21.9. The molecule has 2 heterocycles. The van der Waals surface area contributed by atoms with Crippen molar-refractivity contribution in [3.63, 3.8) is 0 Å². The number of hydrogen-bond acceptors (Lipinski definition) is 4. The summed E-state index contributed by atoms with van der Waals surface area (Å²) in [5, 5.41) is 2.79. The second-order valence-corrected chi connectivity index (χ2v) is 8.33. The highest BCUT2D eigenvalue weighted by molar-refractivity contribution is 7.12. The molecule has 5 rings (SSSR count). The van der Waals surface area contributed by atoms with Crippen LogP contribution in [0.1, 0.15) is 15.2 Å². The van der Waals surface area contributed by atoms with Crippen LogP contribution in [0.4, 0.5) is 0 Å². The largest absolute Gasteiger partial charge is 0.422 e. The third kappa shape index (κ3) is 3.98. The molecule has 0 fully saturated rings. The minimum atomic E-state index is -0.370. The van der Waals surface area contributed by atoms with Gasteiger partial charge in [-0.2, -0.15) is 0 Å². The average molecular weight is 438 g/mol. The molecule has 0 amide bonds. The summed E-state index contributed by atoms with van der Waals surface area (Å²) in [5.41, 5.74) is 3.62. The second kappa shape index (κ2) is 8.65. The van der Waals surface area contributed by atoms with E-state index in [1.807, 2.05) is 84.2 Å². The fraction of sp³-hybridized carbons (Fsp3) is 0.0370. The van der Waals surface area contributed by atoms with Crippen molar-refractivity contribution >= 4 is 28.2 Å². The van der Waals surface area contributed by atoms with E-state index in [9.17, 15) is 9.59 Å². The van der Waals surface area contributed by atoms with E-state index < -0.39 is 0 Å². The monoisotopic (exact) mass is 437 g/mol. The van der Waals surface area contributed by atoms with Crippen molar-refractivity contribution in [2.45, 2.75) is 6.54 Å². The molecule has 32 heavy (non-hydrogen) atoms. The van der Waals surface area contributed by atoms with Gasteiger partial charge < -0.3 is 9.30 Å². The Morgan fingerprint density at radius 2 is 1.66 bits per heavy atom. The molecular formula is C27H19NO3S. The number of rotatable bonds is 5. The van der Waals surface area contributed by atoms with Crippen LogP contribution in [0.2, 0.25) is 0 Å². The molecule has 0 spiro atoms. The van der Waals surface area contributed by atoms with E-state index in [0.29, 0.717) is 17.2 Å². The lowest BCUT2D eigenvalue weighted by Crippen LogP contribution is -2.19. The van der Waals surface area contributed by atoms with Crippen LogP contribution < -0.4 is 10.3 Å². The predicted molar refractivity (Wildman–Crippen MR) is 128 cm³/mol. The number of ether oxygens (including phenoxy) is 1. The molecule has 0 aliphatic heterocycles. The van der Waals surface area contributed by atoms with Crippen molar-refractivity contribution in [3.8, 4) is 16.9 Å².